The number of hydrogen-bond acceptors (Lipinski definition) is 6. The normalized spacial score (nSPS) is 22.1. The van der Waals surface area contributed by atoms with Gasteiger partial charge < -0.3 is 15.4 Å². The molecule has 0 bridgehead atoms. The molecule has 1 fully saturated rings. The van der Waals surface area contributed by atoms with Crippen molar-refractivity contribution in [2.75, 3.05) is 18.5 Å². The Morgan fingerprint density at radius 3 is 3.22 bits per heavy atom. The lowest BCUT2D eigenvalue weighted by Gasteiger charge is -2.24. The standard InChI is InChI=1S/C20H20N6O/c1-7-21-17-11-13(2-5-18(17)27-9-1)20-22-8-6-19(25-20)24-15-3-4-16-14(10-15)12-23-26-16/h2-6,8,10-12,17-18,21H,1,7,9H2,(H,23,26)(H,22,24,25). The van der Waals surface area contributed by atoms with Crippen LogP contribution in [0.1, 0.15) is 12.2 Å². The van der Waals surface area contributed by atoms with Crippen LogP contribution in [0.15, 0.2) is 54.9 Å². The van der Waals surface area contributed by atoms with Crippen LogP contribution in [-0.4, -0.2) is 45.5 Å². The van der Waals surface area contributed by atoms with Gasteiger partial charge in [0.2, 0.25) is 0 Å². The van der Waals surface area contributed by atoms with Gasteiger partial charge in [-0.2, -0.15) is 5.10 Å². The Morgan fingerprint density at radius 2 is 2.22 bits per heavy atom. The van der Waals surface area contributed by atoms with Gasteiger partial charge in [0.25, 0.3) is 0 Å². The van der Waals surface area contributed by atoms with Crippen molar-refractivity contribution in [2.45, 2.75) is 18.6 Å². The van der Waals surface area contributed by atoms with Gasteiger partial charge in [-0.05, 0) is 37.2 Å². The number of nitrogens with zero attached hydrogens (tertiary/aromatic N) is 3. The van der Waals surface area contributed by atoms with E-state index in [0.29, 0.717) is 5.82 Å². The molecule has 0 radical (unpaired) electrons. The van der Waals surface area contributed by atoms with Crippen LogP contribution < -0.4 is 10.6 Å². The van der Waals surface area contributed by atoms with Crippen molar-refractivity contribution < 1.29 is 4.74 Å². The van der Waals surface area contributed by atoms with E-state index < -0.39 is 0 Å². The molecule has 27 heavy (non-hydrogen) atoms. The summed E-state index contributed by atoms with van der Waals surface area (Å²) in [6.07, 6.45) is 11.0. The van der Waals surface area contributed by atoms with E-state index in [4.69, 9.17) is 4.74 Å². The largest absolute Gasteiger partial charge is 0.372 e. The van der Waals surface area contributed by atoms with Crippen molar-refractivity contribution in [2.24, 2.45) is 0 Å². The smallest absolute Gasteiger partial charge is 0.161 e. The van der Waals surface area contributed by atoms with Crippen LogP contribution in [0.5, 0.6) is 0 Å². The summed E-state index contributed by atoms with van der Waals surface area (Å²) in [5.41, 5.74) is 2.97. The number of nitrogens with one attached hydrogen (secondary N) is 3. The van der Waals surface area contributed by atoms with Crippen molar-refractivity contribution in [1.29, 1.82) is 0 Å². The number of rotatable bonds is 3. The van der Waals surface area contributed by atoms with Gasteiger partial charge in [-0.25, -0.2) is 9.97 Å². The van der Waals surface area contributed by atoms with Gasteiger partial charge in [-0.1, -0.05) is 18.2 Å². The van der Waals surface area contributed by atoms with Crippen LogP contribution in [0.25, 0.3) is 16.5 Å². The van der Waals surface area contributed by atoms with Crippen LogP contribution in [0.4, 0.5) is 11.5 Å². The molecule has 7 nitrogen and oxygen atoms in total. The summed E-state index contributed by atoms with van der Waals surface area (Å²) in [5, 5.41) is 14.9. The number of H-pyrrole nitrogens is 1. The van der Waals surface area contributed by atoms with Gasteiger partial charge in [0, 0.05) is 29.5 Å². The number of aromatic nitrogens is 4. The van der Waals surface area contributed by atoms with E-state index in [1.54, 1.807) is 6.20 Å². The SMILES string of the molecule is C1=CC2OCCCNC2C=C1c1nccc(Nc2ccc3[nH]ncc3c2)n1. The quantitative estimate of drug-likeness (QED) is 0.666. The molecule has 0 spiro atoms. The highest BCUT2D eigenvalue weighted by Gasteiger charge is 2.24. The predicted octanol–water partition coefficient (Wildman–Crippen LogP) is 2.80. The maximum atomic E-state index is 5.87. The second-order valence-electron chi connectivity index (χ2n) is 6.71. The van der Waals surface area contributed by atoms with E-state index in [1.807, 2.05) is 36.5 Å². The molecule has 0 saturated carbocycles. The number of hydrogen-bond donors (Lipinski definition) is 3. The fourth-order valence-electron chi connectivity index (χ4n) is 3.44. The number of fused-ring (bicyclic) bond motifs is 2. The van der Waals surface area contributed by atoms with Gasteiger partial charge in [-0.15, -0.1) is 0 Å². The maximum Gasteiger partial charge on any atom is 0.161 e. The average Bonchev–Trinajstić information content (AvgIpc) is 3.04. The van der Waals surface area contributed by atoms with Crippen LogP contribution >= 0.6 is 0 Å². The number of anilines is 2. The van der Waals surface area contributed by atoms with Crippen molar-refractivity contribution in [1.82, 2.24) is 25.5 Å². The minimum Gasteiger partial charge on any atom is -0.372 e. The summed E-state index contributed by atoms with van der Waals surface area (Å²) >= 11 is 0. The lowest BCUT2D eigenvalue weighted by atomic mass is 9.99. The highest BCUT2D eigenvalue weighted by molar-refractivity contribution is 5.82. The van der Waals surface area contributed by atoms with Crippen LogP contribution in [0.2, 0.25) is 0 Å². The van der Waals surface area contributed by atoms with Gasteiger partial charge >= 0.3 is 0 Å². The topological polar surface area (TPSA) is 87.8 Å². The first-order valence-electron chi connectivity index (χ1n) is 9.14. The zero-order valence-electron chi connectivity index (χ0n) is 14.7. The van der Waals surface area contributed by atoms with E-state index in [2.05, 4.69) is 43.0 Å². The highest BCUT2D eigenvalue weighted by Crippen LogP contribution is 2.24. The Labute approximate surface area is 156 Å². The molecule has 2 unspecified atom stereocenters. The lowest BCUT2D eigenvalue weighted by molar-refractivity contribution is 0.0855. The first-order chi connectivity index (χ1) is 13.3. The third-order valence-corrected chi connectivity index (χ3v) is 4.82. The molecule has 3 aromatic rings. The van der Waals surface area contributed by atoms with Crippen LogP contribution in [0.3, 0.4) is 0 Å². The summed E-state index contributed by atoms with van der Waals surface area (Å²) < 4.78 is 5.87. The summed E-state index contributed by atoms with van der Waals surface area (Å²) in [5.74, 6) is 1.45. The van der Waals surface area contributed by atoms with Gasteiger partial charge in [0.15, 0.2) is 5.82 Å². The summed E-state index contributed by atoms with van der Waals surface area (Å²) in [6.45, 7) is 1.75. The number of aromatic amines is 1. The van der Waals surface area contributed by atoms with E-state index in [0.717, 1.165) is 47.6 Å². The van der Waals surface area contributed by atoms with E-state index in [-0.39, 0.29) is 12.1 Å². The van der Waals surface area contributed by atoms with E-state index in [1.165, 1.54) is 0 Å². The molecule has 0 amide bonds. The Balaban J connectivity index is 1.39. The zero-order chi connectivity index (χ0) is 18.1. The Kier molecular flexibility index (Phi) is 4.16. The molecule has 1 aliphatic carbocycles. The predicted molar refractivity (Wildman–Crippen MR) is 105 cm³/mol. The summed E-state index contributed by atoms with van der Waals surface area (Å²) in [4.78, 5) is 9.14. The average molecular weight is 360 g/mol. The highest BCUT2D eigenvalue weighted by atomic mass is 16.5. The molecule has 136 valence electrons. The van der Waals surface area contributed by atoms with Crippen LogP contribution in [-0.2, 0) is 4.74 Å². The Hall–Kier alpha value is -3.03. The summed E-state index contributed by atoms with van der Waals surface area (Å²) in [6, 6.07) is 8.07. The molecule has 1 aromatic carbocycles. The summed E-state index contributed by atoms with van der Waals surface area (Å²) in [7, 11) is 0. The van der Waals surface area contributed by atoms with Crippen molar-refractivity contribution in [3.63, 3.8) is 0 Å². The fraction of sp³-hybridized carbons (Fsp3) is 0.250. The van der Waals surface area contributed by atoms with Crippen molar-refractivity contribution in [3.8, 4) is 0 Å². The minimum absolute atomic E-state index is 0.0826. The number of ether oxygens (including phenoxy) is 1. The molecule has 1 aliphatic heterocycles. The molecule has 5 rings (SSSR count). The number of benzene rings is 1. The van der Waals surface area contributed by atoms with Gasteiger partial charge in [0.05, 0.1) is 23.9 Å². The fourth-order valence-corrected chi connectivity index (χ4v) is 3.44. The first-order valence-corrected chi connectivity index (χ1v) is 9.14. The zero-order valence-corrected chi connectivity index (χ0v) is 14.7. The third-order valence-electron chi connectivity index (χ3n) is 4.82. The Bertz CT molecular complexity index is 1020. The molecule has 7 heteroatoms. The lowest BCUT2D eigenvalue weighted by Crippen LogP contribution is -2.38. The maximum absolute atomic E-state index is 5.87. The molecule has 3 N–H and O–H groups in total. The number of allylic oxidation sites excluding steroid dienone is 2. The second kappa shape index (κ2) is 6.94. The molecular formula is C20H20N6O. The van der Waals surface area contributed by atoms with E-state index >= 15 is 0 Å². The third kappa shape index (κ3) is 3.34. The van der Waals surface area contributed by atoms with Crippen LogP contribution in [0, 0.1) is 0 Å². The van der Waals surface area contributed by atoms with E-state index in [9.17, 15) is 0 Å². The van der Waals surface area contributed by atoms with Gasteiger partial charge in [0.1, 0.15) is 5.82 Å². The monoisotopic (exact) mass is 360 g/mol. The molecular weight excluding hydrogens is 340 g/mol. The first kappa shape index (κ1) is 16.2. The van der Waals surface area contributed by atoms with Crippen molar-refractivity contribution in [3.05, 3.63) is 60.7 Å². The molecule has 2 atom stereocenters. The molecule has 3 heterocycles. The minimum atomic E-state index is 0.0826. The molecule has 1 saturated heterocycles. The molecule has 2 aliphatic rings. The van der Waals surface area contributed by atoms with Crippen molar-refractivity contribution >= 4 is 28.0 Å². The van der Waals surface area contributed by atoms with Gasteiger partial charge in [-0.3, -0.25) is 5.10 Å². The molecule has 2 aromatic heterocycles. The Morgan fingerprint density at radius 1 is 1.22 bits per heavy atom. The second-order valence-corrected chi connectivity index (χ2v) is 6.71.